The molecule has 0 bridgehead atoms. The van der Waals surface area contributed by atoms with Crippen LogP contribution in [0, 0.1) is 23.2 Å². The molecule has 1 N–H and O–H groups in total. The smallest absolute Gasteiger partial charge is 0.258 e. The monoisotopic (exact) mass is 400 g/mol. The van der Waals surface area contributed by atoms with Crippen molar-refractivity contribution in [1.82, 2.24) is 15.1 Å². The molecule has 1 aliphatic heterocycles. The number of nitrogens with zero attached hydrogens (tertiary/aromatic N) is 3. The zero-order valence-corrected chi connectivity index (χ0v) is 17.8. The first-order valence-corrected chi connectivity index (χ1v) is 10.2. The van der Waals surface area contributed by atoms with Gasteiger partial charge in [-0.05, 0) is 24.0 Å². The summed E-state index contributed by atoms with van der Waals surface area (Å²) in [6.07, 6.45) is 0. The third-order valence-electron chi connectivity index (χ3n) is 5.15. The van der Waals surface area contributed by atoms with Gasteiger partial charge in [0, 0.05) is 26.2 Å². The van der Waals surface area contributed by atoms with Gasteiger partial charge in [0.15, 0.2) is 6.61 Å². The second-order valence-electron chi connectivity index (χ2n) is 8.07. The van der Waals surface area contributed by atoms with Crippen LogP contribution in [0.5, 0.6) is 5.75 Å². The van der Waals surface area contributed by atoms with Crippen molar-refractivity contribution in [2.75, 3.05) is 32.8 Å². The Balaban J connectivity index is 1.89. The molecule has 158 valence electrons. The van der Waals surface area contributed by atoms with Gasteiger partial charge in [0.1, 0.15) is 17.8 Å². The number of hydrogen-bond donors (Lipinski definition) is 1. The van der Waals surface area contributed by atoms with Crippen molar-refractivity contribution in [3.05, 3.63) is 30.3 Å². The van der Waals surface area contributed by atoms with Gasteiger partial charge in [0.25, 0.3) is 5.91 Å². The molecule has 2 atom stereocenters. The van der Waals surface area contributed by atoms with Crippen LogP contribution in [0.1, 0.15) is 27.7 Å². The van der Waals surface area contributed by atoms with Crippen LogP contribution in [0.15, 0.2) is 30.3 Å². The van der Waals surface area contributed by atoms with Gasteiger partial charge in [-0.3, -0.25) is 14.5 Å². The predicted octanol–water partition coefficient (Wildman–Crippen LogP) is 1.90. The van der Waals surface area contributed by atoms with E-state index >= 15 is 0 Å². The molecule has 2 rings (SSSR count). The molecule has 1 aliphatic rings. The number of hydrogen-bond acceptors (Lipinski definition) is 5. The first-order chi connectivity index (χ1) is 13.8. The average Bonchev–Trinajstić information content (AvgIpc) is 2.71. The fourth-order valence-corrected chi connectivity index (χ4v) is 3.46. The standard InChI is InChI=1S/C22H32N4O3/c1-16(2)19(14-23)25-10-12-26(13-11-25)22(28)21(17(3)4)24-20(27)15-29-18-8-6-5-7-9-18/h5-9,16-17,19,21H,10-13,15H2,1-4H3,(H,24,27). The van der Waals surface area contributed by atoms with Gasteiger partial charge in [-0.1, -0.05) is 45.9 Å². The minimum absolute atomic E-state index is 0.0382. The van der Waals surface area contributed by atoms with E-state index < -0.39 is 6.04 Å². The van der Waals surface area contributed by atoms with Crippen LogP contribution in [-0.2, 0) is 9.59 Å². The minimum Gasteiger partial charge on any atom is -0.484 e. The van der Waals surface area contributed by atoms with Crippen LogP contribution in [0.25, 0.3) is 0 Å². The van der Waals surface area contributed by atoms with E-state index in [0.717, 1.165) is 0 Å². The van der Waals surface area contributed by atoms with Crippen LogP contribution in [0.3, 0.4) is 0 Å². The highest BCUT2D eigenvalue weighted by atomic mass is 16.5. The zero-order valence-electron chi connectivity index (χ0n) is 17.8. The predicted molar refractivity (Wildman–Crippen MR) is 111 cm³/mol. The Bertz CT molecular complexity index is 707. The number of carbonyl (C=O) groups is 2. The molecule has 2 unspecified atom stereocenters. The lowest BCUT2D eigenvalue weighted by Gasteiger charge is -2.39. The Morgan fingerprint density at radius 2 is 1.69 bits per heavy atom. The fourth-order valence-electron chi connectivity index (χ4n) is 3.46. The average molecular weight is 401 g/mol. The molecule has 1 saturated heterocycles. The summed E-state index contributed by atoms with van der Waals surface area (Å²) < 4.78 is 5.47. The molecule has 29 heavy (non-hydrogen) atoms. The Hall–Kier alpha value is -2.59. The van der Waals surface area contributed by atoms with Gasteiger partial charge in [-0.15, -0.1) is 0 Å². The summed E-state index contributed by atoms with van der Waals surface area (Å²) in [5, 5.41) is 12.2. The molecular formula is C22H32N4O3. The highest BCUT2D eigenvalue weighted by Crippen LogP contribution is 2.15. The van der Waals surface area contributed by atoms with E-state index in [1.807, 2.05) is 45.9 Å². The molecule has 0 saturated carbocycles. The van der Waals surface area contributed by atoms with Crippen LogP contribution in [-0.4, -0.2) is 66.5 Å². The van der Waals surface area contributed by atoms with Crippen molar-refractivity contribution in [3.63, 3.8) is 0 Å². The van der Waals surface area contributed by atoms with Gasteiger partial charge in [0.2, 0.25) is 5.91 Å². The maximum Gasteiger partial charge on any atom is 0.258 e. The number of ether oxygens (including phenoxy) is 1. The molecule has 7 nitrogen and oxygen atoms in total. The van der Waals surface area contributed by atoms with Crippen molar-refractivity contribution in [3.8, 4) is 11.8 Å². The quantitative estimate of drug-likeness (QED) is 0.720. The maximum absolute atomic E-state index is 13.0. The van der Waals surface area contributed by atoms with Crippen molar-refractivity contribution >= 4 is 11.8 Å². The molecule has 1 heterocycles. The number of nitriles is 1. The zero-order chi connectivity index (χ0) is 21.4. The number of carbonyl (C=O) groups excluding carboxylic acids is 2. The van der Waals surface area contributed by atoms with E-state index in [-0.39, 0.29) is 36.3 Å². The number of rotatable bonds is 8. The third kappa shape index (κ3) is 6.47. The Morgan fingerprint density at radius 1 is 1.07 bits per heavy atom. The number of nitrogens with one attached hydrogen (secondary N) is 1. The highest BCUT2D eigenvalue weighted by Gasteiger charge is 2.32. The molecule has 7 heteroatoms. The van der Waals surface area contributed by atoms with Crippen LogP contribution in [0.4, 0.5) is 0 Å². The lowest BCUT2D eigenvalue weighted by molar-refractivity contribution is -0.139. The number of amides is 2. The first kappa shape index (κ1) is 22.7. The molecule has 0 aromatic heterocycles. The fraction of sp³-hybridized carbons (Fsp3) is 0.591. The Morgan fingerprint density at radius 3 is 2.21 bits per heavy atom. The van der Waals surface area contributed by atoms with Crippen molar-refractivity contribution in [2.24, 2.45) is 11.8 Å². The van der Waals surface area contributed by atoms with Gasteiger partial charge in [-0.25, -0.2) is 0 Å². The molecule has 1 aromatic rings. The van der Waals surface area contributed by atoms with E-state index in [1.165, 1.54) is 0 Å². The van der Waals surface area contributed by atoms with Gasteiger partial charge < -0.3 is 15.0 Å². The van der Waals surface area contributed by atoms with Crippen molar-refractivity contribution in [2.45, 2.75) is 39.8 Å². The molecule has 1 aromatic carbocycles. The van der Waals surface area contributed by atoms with Gasteiger partial charge in [0.05, 0.1) is 6.07 Å². The molecule has 0 radical (unpaired) electrons. The molecule has 0 spiro atoms. The van der Waals surface area contributed by atoms with E-state index in [2.05, 4.69) is 16.3 Å². The summed E-state index contributed by atoms with van der Waals surface area (Å²) in [5.41, 5.74) is 0. The summed E-state index contributed by atoms with van der Waals surface area (Å²) in [7, 11) is 0. The number of benzene rings is 1. The normalized spacial score (nSPS) is 16.9. The molecule has 0 aliphatic carbocycles. The summed E-state index contributed by atoms with van der Waals surface area (Å²) in [6.45, 7) is 10.2. The minimum atomic E-state index is -0.592. The number of para-hydroxylation sites is 1. The summed E-state index contributed by atoms with van der Waals surface area (Å²) in [5.74, 6) is 0.427. The van der Waals surface area contributed by atoms with Crippen LogP contribution >= 0.6 is 0 Å². The van der Waals surface area contributed by atoms with Crippen LogP contribution in [0.2, 0.25) is 0 Å². The van der Waals surface area contributed by atoms with Gasteiger partial charge >= 0.3 is 0 Å². The van der Waals surface area contributed by atoms with Crippen molar-refractivity contribution < 1.29 is 14.3 Å². The highest BCUT2D eigenvalue weighted by molar-refractivity contribution is 5.88. The second-order valence-corrected chi connectivity index (χ2v) is 8.07. The third-order valence-corrected chi connectivity index (χ3v) is 5.15. The van der Waals surface area contributed by atoms with E-state index in [4.69, 9.17) is 4.74 Å². The van der Waals surface area contributed by atoms with E-state index in [9.17, 15) is 14.9 Å². The lowest BCUT2D eigenvalue weighted by Crippen LogP contribution is -2.58. The van der Waals surface area contributed by atoms with E-state index in [1.54, 1.807) is 17.0 Å². The maximum atomic E-state index is 13.0. The van der Waals surface area contributed by atoms with Gasteiger partial charge in [-0.2, -0.15) is 5.26 Å². The van der Waals surface area contributed by atoms with E-state index in [0.29, 0.717) is 31.9 Å². The molecular weight excluding hydrogens is 368 g/mol. The number of piperazine rings is 1. The summed E-state index contributed by atoms with van der Waals surface area (Å²) >= 11 is 0. The summed E-state index contributed by atoms with van der Waals surface area (Å²) in [4.78, 5) is 29.3. The Kier molecular flexibility index (Phi) is 8.47. The summed E-state index contributed by atoms with van der Waals surface area (Å²) in [6, 6.07) is 10.7. The molecule has 2 amide bonds. The topological polar surface area (TPSA) is 85.7 Å². The second kappa shape index (κ2) is 10.8. The lowest BCUT2D eigenvalue weighted by atomic mass is 10.0. The first-order valence-electron chi connectivity index (χ1n) is 10.2. The Labute approximate surface area is 173 Å². The van der Waals surface area contributed by atoms with Crippen molar-refractivity contribution in [1.29, 1.82) is 5.26 Å². The SMILES string of the molecule is CC(C)C(NC(=O)COc1ccccc1)C(=O)N1CCN(C(C#N)C(C)C)CC1. The largest absolute Gasteiger partial charge is 0.484 e. The molecule has 1 fully saturated rings. The van der Waals surface area contributed by atoms with Crippen LogP contribution < -0.4 is 10.1 Å².